The van der Waals surface area contributed by atoms with E-state index < -0.39 is 5.54 Å². The molecule has 0 amide bonds. The molecule has 5 nitrogen and oxygen atoms in total. The summed E-state index contributed by atoms with van der Waals surface area (Å²) in [5, 5.41) is 3.36. The third kappa shape index (κ3) is 2.84. The maximum atomic E-state index is 12.0. The number of rotatable bonds is 5. The Hall–Kier alpha value is -0.650. The van der Waals surface area contributed by atoms with Gasteiger partial charge in [-0.2, -0.15) is 0 Å². The Labute approximate surface area is 108 Å². The maximum absolute atomic E-state index is 12.0. The first kappa shape index (κ1) is 13.8. The highest BCUT2D eigenvalue weighted by molar-refractivity contribution is 5.81. The molecule has 2 unspecified atom stereocenters. The van der Waals surface area contributed by atoms with Crippen LogP contribution in [0.2, 0.25) is 0 Å². The first-order valence-electron chi connectivity index (χ1n) is 6.65. The quantitative estimate of drug-likeness (QED) is 0.740. The zero-order valence-electron chi connectivity index (χ0n) is 11.4. The van der Waals surface area contributed by atoms with E-state index in [0.717, 1.165) is 12.8 Å². The molecule has 1 heterocycles. The lowest BCUT2D eigenvalue weighted by Crippen LogP contribution is -2.54. The van der Waals surface area contributed by atoms with E-state index in [2.05, 4.69) is 5.32 Å². The van der Waals surface area contributed by atoms with Crippen molar-refractivity contribution in [2.75, 3.05) is 20.3 Å². The predicted octanol–water partition coefficient (Wildman–Crippen LogP) is 0.864. The third-order valence-corrected chi connectivity index (χ3v) is 3.60. The van der Waals surface area contributed by atoms with Crippen molar-refractivity contribution in [1.29, 1.82) is 0 Å². The molecular weight excluding hydrogens is 234 g/mol. The molecule has 2 rings (SSSR count). The van der Waals surface area contributed by atoms with E-state index in [0.29, 0.717) is 19.6 Å². The normalized spacial score (nSPS) is 32.6. The Morgan fingerprint density at radius 1 is 1.39 bits per heavy atom. The van der Waals surface area contributed by atoms with Crippen LogP contribution in [0, 0.1) is 0 Å². The van der Waals surface area contributed by atoms with Crippen molar-refractivity contribution >= 4 is 5.97 Å². The van der Waals surface area contributed by atoms with Crippen molar-refractivity contribution < 1.29 is 19.0 Å². The van der Waals surface area contributed by atoms with Crippen molar-refractivity contribution in [3.63, 3.8) is 0 Å². The van der Waals surface area contributed by atoms with Gasteiger partial charge in [-0.25, -0.2) is 0 Å². The molecule has 1 saturated heterocycles. The Kier molecular flexibility index (Phi) is 4.25. The van der Waals surface area contributed by atoms with Crippen LogP contribution in [-0.4, -0.2) is 50.1 Å². The maximum Gasteiger partial charge on any atom is 0.326 e. The fourth-order valence-corrected chi connectivity index (χ4v) is 2.80. The second-order valence-corrected chi connectivity index (χ2v) is 5.53. The molecule has 0 radical (unpaired) electrons. The van der Waals surface area contributed by atoms with E-state index in [1.807, 2.05) is 13.8 Å². The van der Waals surface area contributed by atoms with Crippen molar-refractivity contribution in [2.24, 2.45) is 0 Å². The van der Waals surface area contributed by atoms with Crippen molar-refractivity contribution in [2.45, 2.75) is 56.9 Å². The van der Waals surface area contributed by atoms with Crippen molar-refractivity contribution in [1.82, 2.24) is 5.32 Å². The van der Waals surface area contributed by atoms with Crippen LogP contribution in [0.25, 0.3) is 0 Å². The van der Waals surface area contributed by atoms with Gasteiger partial charge >= 0.3 is 5.97 Å². The molecule has 104 valence electrons. The average molecular weight is 257 g/mol. The molecule has 0 aromatic carbocycles. The average Bonchev–Trinajstić information content (AvgIpc) is 2.66. The number of hydrogen-bond donors (Lipinski definition) is 1. The second-order valence-electron chi connectivity index (χ2n) is 5.53. The van der Waals surface area contributed by atoms with Gasteiger partial charge < -0.3 is 14.2 Å². The topological polar surface area (TPSA) is 56.8 Å². The number of nitrogens with one attached hydrogen (secondary N) is 1. The molecule has 0 spiro atoms. The van der Waals surface area contributed by atoms with Gasteiger partial charge in [-0.3, -0.25) is 10.1 Å². The summed E-state index contributed by atoms with van der Waals surface area (Å²) < 4.78 is 16.0. The third-order valence-electron chi connectivity index (χ3n) is 3.60. The van der Waals surface area contributed by atoms with Gasteiger partial charge in [-0.15, -0.1) is 0 Å². The van der Waals surface area contributed by atoms with Crippen LogP contribution in [0.3, 0.4) is 0 Å². The molecule has 0 aromatic heterocycles. The zero-order valence-corrected chi connectivity index (χ0v) is 11.4. The highest BCUT2D eigenvalue weighted by Crippen LogP contribution is 2.34. The van der Waals surface area contributed by atoms with E-state index in [9.17, 15) is 4.79 Å². The number of hydrogen-bond acceptors (Lipinski definition) is 5. The SMILES string of the molecule is COC(=O)C1(NC(C)C)CCC(OC2COC2)C1. The number of ether oxygens (including phenoxy) is 3. The lowest BCUT2D eigenvalue weighted by atomic mass is 9.96. The summed E-state index contributed by atoms with van der Waals surface area (Å²) in [7, 11) is 1.44. The molecule has 2 fully saturated rings. The molecule has 1 aliphatic heterocycles. The van der Waals surface area contributed by atoms with Gasteiger partial charge in [0.15, 0.2) is 0 Å². The Bertz CT molecular complexity index is 303. The van der Waals surface area contributed by atoms with Crippen LogP contribution in [0.15, 0.2) is 0 Å². The predicted molar refractivity (Wildman–Crippen MR) is 66.3 cm³/mol. The summed E-state index contributed by atoms with van der Waals surface area (Å²) in [6.45, 7) is 5.44. The molecule has 0 bridgehead atoms. The van der Waals surface area contributed by atoms with E-state index >= 15 is 0 Å². The number of methoxy groups -OCH3 is 1. The lowest BCUT2D eigenvalue weighted by Gasteiger charge is -2.32. The van der Waals surface area contributed by atoms with Crippen LogP contribution in [0.4, 0.5) is 0 Å². The largest absolute Gasteiger partial charge is 0.468 e. The van der Waals surface area contributed by atoms with Gasteiger partial charge in [0.2, 0.25) is 0 Å². The standard InChI is InChI=1S/C13H23NO4/c1-9(2)14-13(12(15)16-3)5-4-10(6-13)18-11-7-17-8-11/h9-11,14H,4-8H2,1-3H3. The van der Waals surface area contributed by atoms with Crippen LogP contribution >= 0.6 is 0 Å². The second kappa shape index (κ2) is 5.55. The van der Waals surface area contributed by atoms with Gasteiger partial charge in [0.1, 0.15) is 11.6 Å². The number of esters is 1. The Morgan fingerprint density at radius 3 is 2.61 bits per heavy atom. The van der Waals surface area contributed by atoms with Crippen molar-refractivity contribution in [3.05, 3.63) is 0 Å². The van der Waals surface area contributed by atoms with Gasteiger partial charge in [0.05, 0.1) is 26.4 Å². The zero-order chi connectivity index (χ0) is 13.2. The fourth-order valence-electron chi connectivity index (χ4n) is 2.80. The minimum Gasteiger partial charge on any atom is -0.468 e. The Morgan fingerprint density at radius 2 is 2.11 bits per heavy atom. The molecule has 2 aliphatic rings. The molecule has 1 N–H and O–H groups in total. The highest BCUT2D eigenvalue weighted by Gasteiger charge is 2.47. The number of carbonyl (C=O) groups is 1. The first-order valence-corrected chi connectivity index (χ1v) is 6.65. The monoisotopic (exact) mass is 257 g/mol. The molecule has 0 aromatic rings. The lowest BCUT2D eigenvalue weighted by molar-refractivity contribution is -0.158. The van der Waals surface area contributed by atoms with Crippen LogP contribution in [-0.2, 0) is 19.0 Å². The van der Waals surface area contributed by atoms with Crippen molar-refractivity contribution in [3.8, 4) is 0 Å². The van der Waals surface area contributed by atoms with E-state index in [-0.39, 0.29) is 24.2 Å². The van der Waals surface area contributed by atoms with Gasteiger partial charge in [-0.05, 0) is 26.7 Å². The molecule has 1 aliphatic carbocycles. The summed E-state index contributed by atoms with van der Waals surface area (Å²) in [5.74, 6) is -0.174. The van der Waals surface area contributed by atoms with Crippen LogP contribution in [0.1, 0.15) is 33.1 Å². The van der Waals surface area contributed by atoms with Crippen LogP contribution < -0.4 is 5.32 Å². The number of carbonyl (C=O) groups excluding carboxylic acids is 1. The smallest absolute Gasteiger partial charge is 0.326 e. The van der Waals surface area contributed by atoms with Gasteiger partial charge in [0.25, 0.3) is 0 Å². The molecule has 18 heavy (non-hydrogen) atoms. The summed E-state index contributed by atoms with van der Waals surface area (Å²) >= 11 is 0. The Balaban J connectivity index is 1.96. The molecule has 1 saturated carbocycles. The minimum absolute atomic E-state index is 0.129. The minimum atomic E-state index is -0.571. The van der Waals surface area contributed by atoms with Gasteiger partial charge in [0, 0.05) is 12.5 Å². The fraction of sp³-hybridized carbons (Fsp3) is 0.923. The summed E-state index contributed by atoms with van der Waals surface area (Å²) in [4.78, 5) is 12.0. The van der Waals surface area contributed by atoms with E-state index in [1.165, 1.54) is 7.11 Å². The molecule has 5 heteroatoms. The van der Waals surface area contributed by atoms with E-state index in [4.69, 9.17) is 14.2 Å². The summed E-state index contributed by atoms with van der Waals surface area (Å²) in [6, 6.07) is 0.245. The van der Waals surface area contributed by atoms with Crippen LogP contribution in [0.5, 0.6) is 0 Å². The summed E-state index contributed by atoms with van der Waals surface area (Å²) in [6.07, 6.45) is 2.70. The van der Waals surface area contributed by atoms with Gasteiger partial charge in [-0.1, -0.05) is 0 Å². The highest BCUT2D eigenvalue weighted by atomic mass is 16.6. The molecular formula is C13H23NO4. The summed E-state index contributed by atoms with van der Waals surface area (Å²) in [5.41, 5.74) is -0.571. The first-order chi connectivity index (χ1) is 8.55. The van der Waals surface area contributed by atoms with E-state index in [1.54, 1.807) is 0 Å². The molecule has 2 atom stereocenters.